The van der Waals surface area contributed by atoms with Crippen molar-refractivity contribution in [2.45, 2.75) is 24.9 Å². The molecule has 0 aliphatic rings. The van der Waals surface area contributed by atoms with Crippen molar-refractivity contribution in [1.82, 2.24) is 9.80 Å². The van der Waals surface area contributed by atoms with Gasteiger partial charge in [-0.1, -0.05) is 31.9 Å². The third kappa shape index (κ3) is 6.30. The van der Waals surface area contributed by atoms with E-state index in [0.717, 1.165) is 0 Å². The Labute approximate surface area is 156 Å². The van der Waals surface area contributed by atoms with Crippen LogP contribution in [0.25, 0.3) is 0 Å². The number of carbonyl (C=O) groups is 2. The minimum Gasteiger partial charge on any atom is -0.345 e. The van der Waals surface area contributed by atoms with E-state index < -0.39 is 21.9 Å². The van der Waals surface area contributed by atoms with Gasteiger partial charge in [0.1, 0.15) is 6.42 Å². The fraction of sp³-hybridized carbons (Fsp3) is 0.833. The summed E-state index contributed by atoms with van der Waals surface area (Å²) < 4.78 is 0. The van der Waals surface area contributed by atoms with Crippen molar-refractivity contribution in [1.29, 1.82) is 0 Å². The molecule has 0 bridgehead atoms. The molecule has 0 unspecified atom stereocenters. The Bertz CT molecular complexity index is 476. The molecule has 2 amide bonds. The Morgan fingerprint density at radius 3 is 1.71 bits per heavy atom. The van der Waals surface area contributed by atoms with Gasteiger partial charge in [0, 0.05) is 27.2 Å². The van der Waals surface area contributed by atoms with E-state index in [0.29, 0.717) is 0 Å². The zero-order valence-electron chi connectivity index (χ0n) is 13.4. The fourth-order valence-electron chi connectivity index (χ4n) is 1.96. The van der Waals surface area contributed by atoms with E-state index in [1.807, 2.05) is 0 Å². The van der Waals surface area contributed by atoms with Crippen LogP contribution in [0.5, 0.6) is 0 Å². The summed E-state index contributed by atoms with van der Waals surface area (Å²) in [6, 6.07) is 0. The van der Waals surface area contributed by atoms with Crippen LogP contribution >= 0.6 is 31.9 Å². The molecule has 138 valence electrons. The number of nitro groups is 2. The van der Waals surface area contributed by atoms with Crippen molar-refractivity contribution in [3.8, 4) is 0 Å². The molecule has 24 heavy (non-hydrogen) atoms. The molecule has 10 nitrogen and oxygen atoms in total. The van der Waals surface area contributed by atoms with Crippen LogP contribution in [0.4, 0.5) is 0 Å². The van der Waals surface area contributed by atoms with Gasteiger partial charge in [0.05, 0.1) is 26.9 Å². The summed E-state index contributed by atoms with van der Waals surface area (Å²) in [5.74, 6) is -0.538. The maximum atomic E-state index is 11.5. The van der Waals surface area contributed by atoms with Crippen molar-refractivity contribution < 1.29 is 19.4 Å². The number of rotatable bonds is 11. The predicted octanol–water partition coefficient (Wildman–Crippen LogP) is 1.11. The van der Waals surface area contributed by atoms with Crippen LogP contribution in [0.2, 0.25) is 0 Å². The first kappa shape index (κ1) is 22.7. The van der Waals surface area contributed by atoms with Gasteiger partial charge in [0.15, 0.2) is 0 Å². The third-order valence-corrected chi connectivity index (χ3v) is 4.64. The highest BCUT2D eigenvalue weighted by atomic mass is 79.9. The summed E-state index contributed by atoms with van der Waals surface area (Å²) >= 11 is 5.98. The van der Waals surface area contributed by atoms with Gasteiger partial charge in [-0.25, -0.2) is 0 Å². The number of hydrogen-bond acceptors (Lipinski definition) is 6. The number of nitrogens with zero attached hydrogens (tertiary/aromatic N) is 4. The number of hydrogen-bond donors (Lipinski definition) is 0. The standard InChI is InChI=1S/C12H20Br2N4O6/c1-15(10(19)8-13)6-3-4-12(17(21)22,18(23)24)5-7-16(2)11(20)9-14/h3-9H2,1-2H3. The maximum absolute atomic E-state index is 11.5. The Hall–Kier alpha value is -1.30. The lowest BCUT2D eigenvalue weighted by atomic mass is 10.0. The first-order chi connectivity index (χ1) is 11.1. The fourth-order valence-corrected chi connectivity index (χ4v) is 2.81. The van der Waals surface area contributed by atoms with E-state index in [1.165, 1.54) is 23.9 Å². The van der Waals surface area contributed by atoms with E-state index in [4.69, 9.17) is 0 Å². The molecule has 0 N–H and O–H groups in total. The minimum atomic E-state index is -2.38. The van der Waals surface area contributed by atoms with Crippen LogP contribution in [0.3, 0.4) is 0 Å². The predicted molar refractivity (Wildman–Crippen MR) is 93.4 cm³/mol. The van der Waals surface area contributed by atoms with Gasteiger partial charge in [-0.05, 0) is 6.42 Å². The topological polar surface area (TPSA) is 127 Å². The van der Waals surface area contributed by atoms with Gasteiger partial charge in [-0.2, -0.15) is 0 Å². The lowest BCUT2D eigenvalue weighted by Crippen LogP contribution is -2.49. The SMILES string of the molecule is CN(CCCC(CCN(C)C(=O)CBr)([N+](=O)[O-])[N+](=O)[O-])C(=O)CBr. The second kappa shape index (κ2) is 10.5. The summed E-state index contributed by atoms with van der Waals surface area (Å²) in [5.41, 5.74) is -2.38. The van der Waals surface area contributed by atoms with Gasteiger partial charge in [-0.3, -0.25) is 29.8 Å². The summed E-state index contributed by atoms with van der Waals surface area (Å²) in [4.78, 5) is 46.3. The number of carbonyl (C=O) groups excluding carboxylic acids is 2. The summed E-state index contributed by atoms with van der Waals surface area (Å²) in [5, 5.41) is 22.8. The monoisotopic (exact) mass is 474 g/mol. The summed E-state index contributed by atoms with van der Waals surface area (Å²) in [7, 11) is 2.95. The maximum Gasteiger partial charge on any atom is 0.460 e. The second-order valence-electron chi connectivity index (χ2n) is 5.25. The van der Waals surface area contributed by atoms with Crippen molar-refractivity contribution in [3.63, 3.8) is 0 Å². The molecular formula is C12H20Br2N4O6. The Balaban J connectivity index is 4.96. The molecule has 0 radical (unpaired) electrons. The lowest BCUT2D eigenvalue weighted by molar-refractivity contribution is -0.798. The highest BCUT2D eigenvalue weighted by Gasteiger charge is 2.55. The highest BCUT2D eigenvalue weighted by molar-refractivity contribution is 9.09. The van der Waals surface area contributed by atoms with Crippen LogP contribution in [0, 0.1) is 20.2 Å². The van der Waals surface area contributed by atoms with Crippen LogP contribution < -0.4 is 0 Å². The van der Waals surface area contributed by atoms with Crippen LogP contribution in [-0.4, -0.2) is 75.0 Å². The molecule has 0 saturated carbocycles. The van der Waals surface area contributed by atoms with E-state index >= 15 is 0 Å². The van der Waals surface area contributed by atoms with Crippen molar-refractivity contribution >= 4 is 43.7 Å². The summed E-state index contributed by atoms with van der Waals surface area (Å²) in [6.45, 7) is 0.0621. The van der Waals surface area contributed by atoms with E-state index in [9.17, 15) is 29.8 Å². The molecule has 0 aromatic rings. The van der Waals surface area contributed by atoms with E-state index in [1.54, 1.807) is 0 Å². The van der Waals surface area contributed by atoms with Crippen LogP contribution in [0.15, 0.2) is 0 Å². The molecule has 0 atom stereocenters. The quantitative estimate of drug-likeness (QED) is 0.190. The van der Waals surface area contributed by atoms with Gasteiger partial charge < -0.3 is 9.80 Å². The first-order valence-corrected chi connectivity index (χ1v) is 9.25. The van der Waals surface area contributed by atoms with Gasteiger partial charge in [0.2, 0.25) is 11.8 Å². The Kier molecular flexibility index (Phi) is 9.97. The average molecular weight is 476 g/mol. The molecule has 12 heteroatoms. The Morgan fingerprint density at radius 2 is 1.33 bits per heavy atom. The molecule has 0 aromatic carbocycles. The lowest BCUT2D eigenvalue weighted by Gasteiger charge is -2.22. The van der Waals surface area contributed by atoms with Gasteiger partial charge in [-0.15, -0.1) is 0 Å². The Morgan fingerprint density at radius 1 is 0.917 bits per heavy atom. The number of halogens is 2. The molecule has 0 spiro atoms. The van der Waals surface area contributed by atoms with Gasteiger partial charge in [0.25, 0.3) is 0 Å². The minimum absolute atomic E-state index is 0.0346. The zero-order chi connectivity index (χ0) is 18.9. The smallest absolute Gasteiger partial charge is 0.345 e. The summed E-state index contributed by atoms with van der Waals surface area (Å²) in [6.07, 6.45) is -0.630. The molecule has 0 rings (SSSR count). The molecule has 0 heterocycles. The van der Waals surface area contributed by atoms with E-state index in [-0.39, 0.29) is 48.4 Å². The largest absolute Gasteiger partial charge is 0.460 e. The van der Waals surface area contributed by atoms with Gasteiger partial charge >= 0.3 is 5.66 Å². The molecular weight excluding hydrogens is 456 g/mol. The molecule has 0 aliphatic carbocycles. The first-order valence-electron chi connectivity index (χ1n) is 7.01. The molecule has 0 fully saturated rings. The second-order valence-corrected chi connectivity index (χ2v) is 6.37. The molecule has 0 saturated heterocycles. The highest BCUT2D eigenvalue weighted by Crippen LogP contribution is 2.23. The van der Waals surface area contributed by atoms with Crippen molar-refractivity contribution in [2.75, 3.05) is 37.8 Å². The third-order valence-electron chi connectivity index (χ3n) is 3.68. The number of amides is 2. The molecule has 0 aromatic heterocycles. The van der Waals surface area contributed by atoms with Crippen molar-refractivity contribution in [2.24, 2.45) is 0 Å². The van der Waals surface area contributed by atoms with E-state index in [2.05, 4.69) is 31.9 Å². The number of alkyl halides is 2. The zero-order valence-corrected chi connectivity index (χ0v) is 16.6. The van der Waals surface area contributed by atoms with Crippen LogP contribution in [-0.2, 0) is 9.59 Å². The normalized spacial score (nSPS) is 11.0. The van der Waals surface area contributed by atoms with Crippen molar-refractivity contribution in [3.05, 3.63) is 20.2 Å². The average Bonchev–Trinajstić information content (AvgIpc) is 2.54. The molecule has 0 aliphatic heterocycles. The van der Waals surface area contributed by atoms with Crippen LogP contribution in [0.1, 0.15) is 19.3 Å².